The maximum Gasteiger partial charge on any atom is 0.319 e. The number of aryl methyl sites for hydroxylation is 1. The Morgan fingerprint density at radius 1 is 1.28 bits per heavy atom. The molecule has 1 fully saturated rings. The van der Waals surface area contributed by atoms with Crippen LogP contribution in [0.2, 0.25) is 0 Å². The van der Waals surface area contributed by atoms with E-state index in [1.54, 1.807) is 18.5 Å². The summed E-state index contributed by atoms with van der Waals surface area (Å²) in [6, 6.07) is 11.4. The molecule has 0 unspecified atom stereocenters. The highest BCUT2D eigenvalue weighted by molar-refractivity contribution is 5.90. The molecule has 0 bridgehead atoms. The zero-order chi connectivity index (χ0) is 17.6. The molecule has 25 heavy (non-hydrogen) atoms. The van der Waals surface area contributed by atoms with Crippen LogP contribution >= 0.6 is 0 Å². The van der Waals surface area contributed by atoms with Gasteiger partial charge in [0.15, 0.2) is 0 Å². The van der Waals surface area contributed by atoms with Gasteiger partial charge in [-0.3, -0.25) is 9.78 Å². The Hall–Kier alpha value is -2.89. The molecule has 2 N–H and O–H groups in total. The summed E-state index contributed by atoms with van der Waals surface area (Å²) in [4.78, 5) is 30.0. The molecule has 0 radical (unpaired) electrons. The van der Waals surface area contributed by atoms with Gasteiger partial charge in [0.25, 0.3) is 0 Å². The molecule has 3 amide bonds. The number of carbonyl (C=O) groups excluding carboxylic acids is 2. The minimum absolute atomic E-state index is 0.139. The van der Waals surface area contributed by atoms with Gasteiger partial charge in [-0.2, -0.15) is 0 Å². The molecule has 3 rings (SSSR count). The molecule has 6 nitrogen and oxygen atoms in total. The lowest BCUT2D eigenvalue weighted by Gasteiger charge is -2.17. The SMILES string of the molecule is Cc1cnccc1NC(=O)NC[C@@H]1CC(=O)N(Cc2ccccc2)C1. The van der Waals surface area contributed by atoms with Crippen molar-refractivity contribution in [1.29, 1.82) is 0 Å². The van der Waals surface area contributed by atoms with E-state index in [1.165, 1.54) is 0 Å². The van der Waals surface area contributed by atoms with E-state index in [-0.39, 0.29) is 17.9 Å². The first-order chi connectivity index (χ1) is 12.1. The molecule has 130 valence electrons. The first-order valence-corrected chi connectivity index (χ1v) is 8.39. The largest absolute Gasteiger partial charge is 0.338 e. The lowest BCUT2D eigenvalue weighted by atomic mass is 10.1. The summed E-state index contributed by atoms with van der Waals surface area (Å²) in [6.45, 7) is 3.66. The average Bonchev–Trinajstić information content (AvgIpc) is 2.96. The van der Waals surface area contributed by atoms with Gasteiger partial charge >= 0.3 is 6.03 Å². The van der Waals surface area contributed by atoms with Crippen LogP contribution in [0.25, 0.3) is 0 Å². The van der Waals surface area contributed by atoms with Crippen molar-refractivity contribution in [3.63, 3.8) is 0 Å². The van der Waals surface area contributed by atoms with E-state index in [0.717, 1.165) is 16.8 Å². The average molecular weight is 338 g/mol. The Labute approximate surface area is 147 Å². The summed E-state index contributed by atoms with van der Waals surface area (Å²) in [5.74, 6) is 0.279. The fraction of sp³-hybridized carbons (Fsp3) is 0.316. The highest BCUT2D eigenvalue weighted by Crippen LogP contribution is 2.19. The van der Waals surface area contributed by atoms with Crippen molar-refractivity contribution in [2.24, 2.45) is 5.92 Å². The van der Waals surface area contributed by atoms with E-state index in [4.69, 9.17) is 0 Å². The molecule has 1 saturated heterocycles. The minimum Gasteiger partial charge on any atom is -0.338 e. The van der Waals surface area contributed by atoms with Crippen LogP contribution < -0.4 is 10.6 Å². The molecule has 1 atom stereocenters. The number of benzene rings is 1. The summed E-state index contributed by atoms with van der Waals surface area (Å²) in [5.41, 5.74) is 2.76. The van der Waals surface area contributed by atoms with Gasteiger partial charge in [-0.05, 0) is 24.1 Å². The second-order valence-electron chi connectivity index (χ2n) is 6.36. The number of nitrogens with zero attached hydrogens (tertiary/aromatic N) is 2. The van der Waals surface area contributed by atoms with Crippen LogP contribution in [0.15, 0.2) is 48.8 Å². The smallest absolute Gasteiger partial charge is 0.319 e. The van der Waals surface area contributed by atoms with Gasteiger partial charge in [0.05, 0.1) is 0 Å². The van der Waals surface area contributed by atoms with E-state index in [0.29, 0.717) is 26.1 Å². The summed E-state index contributed by atoms with van der Waals surface area (Å²) in [6.07, 6.45) is 3.81. The third-order valence-corrected chi connectivity index (χ3v) is 4.33. The first kappa shape index (κ1) is 17.0. The van der Waals surface area contributed by atoms with Crippen molar-refractivity contribution in [2.45, 2.75) is 19.9 Å². The van der Waals surface area contributed by atoms with Gasteiger partial charge in [-0.1, -0.05) is 30.3 Å². The van der Waals surface area contributed by atoms with Crippen LogP contribution in [0.1, 0.15) is 17.5 Å². The van der Waals surface area contributed by atoms with Gasteiger partial charge < -0.3 is 15.5 Å². The Bertz CT molecular complexity index is 748. The van der Waals surface area contributed by atoms with E-state index >= 15 is 0 Å². The summed E-state index contributed by atoms with van der Waals surface area (Å²) < 4.78 is 0. The number of likely N-dealkylation sites (tertiary alicyclic amines) is 1. The minimum atomic E-state index is -0.261. The molecule has 2 aromatic rings. The molecule has 6 heteroatoms. The van der Waals surface area contributed by atoms with Crippen LogP contribution in [0.4, 0.5) is 10.5 Å². The van der Waals surface area contributed by atoms with Crippen molar-refractivity contribution >= 4 is 17.6 Å². The number of amides is 3. The monoisotopic (exact) mass is 338 g/mol. The fourth-order valence-corrected chi connectivity index (χ4v) is 2.96. The van der Waals surface area contributed by atoms with Crippen LogP contribution in [-0.4, -0.2) is 34.9 Å². The summed E-state index contributed by atoms with van der Waals surface area (Å²) in [7, 11) is 0. The van der Waals surface area contributed by atoms with Crippen molar-refractivity contribution in [3.8, 4) is 0 Å². The second kappa shape index (κ2) is 7.79. The summed E-state index contributed by atoms with van der Waals surface area (Å²) in [5, 5.41) is 5.66. The third kappa shape index (κ3) is 4.56. The van der Waals surface area contributed by atoms with Gasteiger partial charge in [0.2, 0.25) is 5.91 Å². The second-order valence-corrected chi connectivity index (χ2v) is 6.36. The fourth-order valence-electron chi connectivity index (χ4n) is 2.96. The van der Waals surface area contributed by atoms with Crippen LogP contribution in [0, 0.1) is 12.8 Å². The number of rotatable bonds is 5. The summed E-state index contributed by atoms with van der Waals surface area (Å²) >= 11 is 0. The molecule has 1 aliphatic rings. The van der Waals surface area contributed by atoms with Crippen molar-refractivity contribution in [2.75, 3.05) is 18.4 Å². The quantitative estimate of drug-likeness (QED) is 0.880. The predicted molar refractivity (Wildman–Crippen MR) is 96.0 cm³/mol. The van der Waals surface area contributed by atoms with E-state index in [9.17, 15) is 9.59 Å². The normalized spacial score (nSPS) is 16.8. The molecular formula is C19H22N4O2. The Kier molecular flexibility index (Phi) is 5.28. The van der Waals surface area contributed by atoms with Crippen molar-refractivity contribution < 1.29 is 9.59 Å². The lowest BCUT2D eigenvalue weighted by molar-refractivity contribution is -0.128. The van der Waals surface area contributed by atoms with Crippen LogP contribution in [0.3, 0.4) is 0 Å². The Morgan fingerprint density at radius 3 is 2.84 bits per heavy atom. The molecule has 1 aromatic carbocycles. The topological polar surface area (TPSA) is 74.3 Å². The number of urea groups is 1. The van der Waals surface area contributed by atoms with Gasteiger partial charge in [0, 0.05) is 50.1 Å². The Morgan fingerprint density at radius 2 is 2.08 bits per heavy atom. The standard InChI is InChI=1S/C19H22N4O2/c1-14-10-20-8-7-17(14)22-19(25)21-11-16-9-18(24)23(13-16)12-15-5-3-2-4-6-15/h2-8,10,16H,9,11-13H2,1H3,(H2,20,21,22,25)/t16-/m0/s1. The number of hydrogen-bond donors (Lipinski definition) is 2. The lowest BCUT2D eigenvalue weighted by Crippen LogP contribution is -2.34. The van der Waals surface area contributed by atoms with Crippen molar-refractivity contribution in [3.05, 3.63) is 59.9 Å². The maximum absolute atomic E-state index is 12.2. The van der Waals surface area contributed by atoms with E-state index < -0.39 is 0 Å². The molecule has 0 aliphatic carbocycles. The van der Waals surface area contributed by atoms with Gasteiger partial charge in [-0.25, -0.2) is 4.79 Å². The molecular weight excluding hydrogens is 316 g/mol. The zero-order valence-electron chi connectivity index (χ0n) is 14.2. The maximum atomic E-state index is 12.2. The molecule has 1 aromatic heterocycles. The number of carbonyl (C=O) groups is 2. The number of nitrogens with one attached hydrogen (secondary N) is 2. The molecule has 2 heterocycles. The van der Waals surface area contributed by atoms with Crippen LogP contribution in [0.5, 0.6) is 0 Å². The number of anilines is 1. The number of hydrogen-bond acceptors (Lipinski definition) is 3. The Balaban J connectivity index is 1.47. The number of aromatic nitrogens is 1. The van der Waals surface area contributed by atoms with Crippen LogP contribution in [-0.2, 0) is 11.3 Å². The zero-order valence-corrected chi connectivity index (χ0v) is 14.2. The number of pyridine rings is 1. The van der Waals surface area contributed by atoms with Crippen molar-refractivity contribution in [1.82, 2.24) is 15.2 Å². The predicted octanol–water partition coefficient (Wildman–Crippen LogP) is 2.56. The van der Waals surface area contributed by atoms with E-state index in [1.807, 2.05) is 42.2 Å². The first-order valence-electron chi connectivity index (χ1n) is 8.39. The highest BCUT2D eigenvalue weighted by atomic mass is 16.2. The van der Waals surface area contributed by atoms with Gasteiger partial charge in [-0.15, -0.1) is 0 Å². The molecule has 0 saturated carbocycles. The molecule has 0 spiro atoms. The van der Waals surface area contributed by atoms with E-state index in [2.05, 4.69) is 15.6 Å². The third-order valence-electron chi connectivity index (χ3n) is 4.33. The highest BCUT2D eigenvalue weighted by Gasteiger charge is 2.29. The molecule has 1 aliphatic heterocycles. The van der Waals surface area contributed by atoms with Gasteiger partial charge in [0.1, 0.15) is 0 Å².